The quantitative estimate of drug-likeness (QED) is 0.805. The topological polar surface area (TPSA) is 37.4 Å². The van der Waals surface area contributed by atoms with Crippen LogP contribution in [0.5, 0.6) is 0 Å². The molecule has 112 valence electrons. The lowest BCUT2D eigenvalue weighted by Gasteiger charge is -2.24. The van der Waals surface area contributed by atoms with E-state index in [1.807, 2.05) is 25.1 Å². The Bertz CT molecular complexity index is 690. The average Bonchev–Trinajstić information content (AvgIpc) is 2.98. The zero-order chi connectivity index (χ0) is 15.3. The Morgan fingerprint density at radius 2 is 2.00 bits per heavy atom. The van der Waals surface area contributed by atoms with Crippen LogP contribution >= 0.6 is 0 Å². The van der Waals surface area contributed by atoms with E-state index in [0.29, 0.717) is 18.0 Å². The van der Waals surface area contributed by atoms with Gasteiger partial charge in [0.15, 0.2) is 0 Å². The van der Waals surface area contributed by atoms with E-state index < -0.39 is 10.0 Å². The summed E-state index contributed by atoms with van der Waals surface area (Å²) >= 11 is 0. The number of hydrogen-bond donors (Lipinski definition) is 0. The van der Waals surface area contributed by atoms with Gasteiger partial charge in [0.1, 0.15) is 0 Å². The minimum Gasteiger partial charge on any atom is -0.207 e. The zero-order valence-electron chi connectivity index (χ0n) is 12.4. The average molecular weight is 303 g/mol. The van der Waals surface area contributed by atoms with Crippen molar-refractivity contribution in [3.8, 4) is 0 Å². The molecular weight excluding hydrogens is 282 g/mol. The molecule has 4 heteroatoms. The minimum atomic E-state index is -3.42. The Hall–Kier alpha value is -1.39. The molecule has 1 aromatic carbocycles. The number of rotatable bonds is 3. The van der Waals surface area contributed by atoms with Crippen molar-refractivity contribution in [1.29, 1.82) is 0 Å². The maximum Gasteiger partial charge on any atom is 0.243 e. The minimum absolute atomic E-state index is 0.116. The summed E-state index contributed by atoms with van der Waals surface area (Å²) in [7, 11) is -3.42. The smallest absolute Gasteiger partial charge is 0.207 e. The fraction of sp³-hybridized carbons (Fsp3) is 0.412. The molecule has 0 aromatic heterocycles. The van der Waals surface area contributed by atoms with Crippen molar-refractivity contribution in [2.24, 2.45) is 11.3 Å². The summed E-state index contributed by atoms with van der Waals surface area (Å²) < 4.78 is 27.2. The van der Waals surface area contributed by atoms with Crippen LogP contribution in [0.25, 0.3) is 0 Å². The molecule has 2 atom stereocenters. The normalized spacial score (nSPS) is 29.6. The molecule has 1 saturated carbocycles. The van der Waals surface area contributed by atoms with Crippen LogP contribution in [0.1, 0.15) is 18.4 Å². The predicted molar refractivity (Wildman–Crippen MR) is 84.4 cm³/mol. The van der Waals surface area contributed by atoms with Crippen molar-refractivity contribution in [1.82, 2.24) is 4.31 Å². The van der Waals surface area contributed by atoms with Gasteiger partial charge in [0, 0.05) is 24.4 Å². The molecule has 0 spiro atoms. The zero-order valence-corrected chi connectivity index (χ0v) is 13.2. The van der Waals surface area contributed by atoms with Crippen molar-refractivity contribution in [3.63, 3.8) is 0 Å². The highest BCUT2D eigenvalue weighted by Gasteiger charge is 2.52. The Morgan fingerprint density at radius 3 is 2.57 bits per heavy atom. The first-order chi connectivity index (χ1) is 9.89. The fourth-order valence-corrected chi connectivity index (χ4v) is 5.13. The number of aryl methyl sites for hydroxylation is 1. The Balaban J connectivity index is 1.94. The van der Waals surface area contributed by atoms with Crippen molar-refractivity contribution < 1.29 is 8.42 Å². The van der Waals surface area contributed by atoms with Gasteiger partial charge in [-0.25, -0.2) is 8.42 Å². The molecule has 1 heterocycles. The first-order valence-electron chi connectivity index (χ1n) is 7.27. The Kier molecular flexibility index (Phi) is 3.34. The summed E-state index contributed by atoms with van der Waals surface area (Å²) in [6.45, 7) is 11.1. The highest BCUT2D eigenvalue weighted by Crippen LogP contribution is 2.52. The van der Waals surface area contributed by atoms with Gasteiger partial charge in [-0.1, -0.05) is 35.9 Å². The Morgan fingerprint density at radius 1 is 1.33 bits per heavy atom. The molecule has 3 rings (SSSR count). The van der Waals surface area contributed by atoms with Crippen LogP contribution in [0, 0.1) is 18.3 Å². The predicted octanol–water partition coefficient (Wildman–Crippen LogP) is 3.14. The van der Waals surface area contributed by atoms with Crippen LogP contribution in [0.15, 0.2) is 54.0 Å². The van der Waals surface area contributed by atoms with E-state index >= 15 is 0 Å². The number of nitrogens with zero attached hydrogens (tertiary/aromatic N) is 1. The standard InChI is InChI=1S/C17H21NO2S/c1-4-17-10-9-14(3)16(17)11-18(12-17)21(19,20)15-7-5-13(2)6-8-15/h4-8,16H,1,3,9-12H2,2H3/t16-,17-/m1/s1. The lowest BCUT2D eigenvalue weighted by atomic mass is 9.80. The molecule has 0 N–H and O–H groups in total. The maximum atomic E-state index is 12.8. The van der Waals surface area contributed by atoms with E-state index in [1.165, 1.54) is 0 Å². The molecule has 0 unspecified atom stereocenters. The van der Waals surface area contributed by atoms with Gasteiger partial charge in [-0.15, -0.1) is 6.58 Å². The molecule has 0 amide bonds. The molecule has 0 bridgehead atoms. The van der Waals surface area contributed by atoms with Gasteiger partial charge < -0.3 is 0 Å². The highest BCUT2D eigenvalue weighted by molar-refractivity contribution is 7.89. The molecule has 1 aromatic rings. The first-order valence-corrected chi connectivity index (χ1v) is 8.71. The molecule has 3 nitrogen and oxygen atoms in total. The van der Waals surface area contributed by atoms with Crippen molar-refractivity contribution >= 4 is 10.0 Å². The van der Waals surface area contributed by atoms with Crippen molar-refractivity contribution in [2.45, 2.75) is 24.7 Å². The second-order valence-electron chi connectivity index (χ2n) is 6.26. The summed E-state index contributed by atoms with van der Waals surface area (Å²) in [6.07, 6.45) is 3.88. The highest BCUT2D eigenvalue weighted by atomic mass is 32.2. The van der Waals surface area contributed by atoms with Gasteiger partial charge >= 0.3 is 0 Å². The third-order valence-electron chi connectivity index (χ3n) is 5.02. The largest absolute Gasteiger partial charge is 0.243 e. The van der Waals surface area contributed by atoms with Crippen LogP contribution in [0.3, 0.4) is 0 Å². The number of hydrogen-bond acceptors (Lipinski definition) is 2. The Labute approximate surface area is 127 Å². The van der Waals surface area contributed by atoms with Gasteiger partial charge in [0.05, 0.1) is 4.90 Å². The number of sulfonamides is 1. The van der Waals surface area contributed by atoms with E-state index in [-0.39, 0.29) is 11.3 Å². The van der Waals surface area contributed by atoms with Crippen molar-refractivity contribution in [3.05, 3.63) is 54.6 Å². The second-order valence-corrected chi connectivity index (χ2v) is 8.20. The van der Waals surface area contributed by atoms with Crippen molar-refractivity contribution in [2.75, 3.05) is 13.1 Å². The summed E-state index contributed by atoms with van der Waals surface area (Å²) in [4.78, 5) is 0.373. The monoisotopic (exact) mass is 303 g/mol. The van der Waals surface area contributed by atoms with Gasteiger partial charge in [0.2, 0.25) is 10.0 Å². The summed E-state index contributed by atoms with van der Waals surface area (Å²) in [5.41, 5.74) is 2.11. The molecular formula is C17H21NO2S. The van der Waals surface area contributed by atoms with Gasteiger partial charge in [-0.3, -0.25) is 0 Å². The summed E-state index contributed by atoms with van der Waals surface area (Å²) in [5.74, 6) is 0.218. The molecule has 1 aliphatic heterocycles. The fourth-order valence-electron chi connectivity index (χ4n) is 3.60. The second kappa shape index (κ2) is 4.82. The first kappa shape index (κ1) is 14.5. The van der Waals surface area contributed by atoms with Crippen LogP contribution in [-0.2, 0) is 10.0 Å². The van der Waals surface area contributed by atoms with E-state index in [1.54, 1.807) is 16.4 Å². The molecule has 21 heavy (non-hydrogen) atoms. The van der Waals surface area contributed by atoms with Crippen LogP contribution < -0.4 is 0 Å². The SMILES string of the molecule is C=C[C@]12CCC(=C)[C@H]1CN(S(=O)(=O)c1ccc(C)cc1)C2. The van der Waals surface area contributed by atoms with E-state index in [4.69, 9.17) is 0 Å². The third-order valence-corrected chi connectivity index (χ3v) is 6.85. The van der Waals surface area contributed by atoms with E-state index in [2.05, 4.69) is 13.2 Å². The number of fused-ring (bicyclic) bond motifs is 1. The third kappa shape index (κ3) is 2.17. The lowest BCUT2D eigenvalue weighted by molar-refractivity contribution is 0.363. The van der Waals surface area contributed by atoms with Crippen LogP contribution in [-0.4, -0.2) is 25.8 Å². The maximum absolute atomic E-state index is 12.8. The molecule has 1 saturated heterocycles. The molecule has 2 fully saturated rings. The molecule has 1 aliphatic carbocycles. The summed E-state index contributed by atoms with van der Waals surface area (Å²) in [5, 5.41) is 0. The van der Waals surface area contributed by atoms with Gasteiger partial charge in [-0.2, -0.15) is 4.31 Å². The van der Waals surface area contributed by atoms with Crippen LogP contribution in [0.2, 0.25) is 0 Å². The molecule has 0 radical (unpaired) electrons. The number of benzene rings is 1. The summed E-state index contributed by atoms with van der Waals surface area (Å²) in [6, 6.07) is 7.06. The lowest BCUT2D eigenvalue weighted by Crippen LogP contribution is -2.31. The van der Waals surface area contributed by atoms with Gasteiger partial charge in [0.25, 0.3) is 0 Å². The van der Waals surface area contributed by atoms with Gasteiger partial charge in [-0.05, 0) is 31.9 Å². The molecule has 2 aliphatic rings. The van der Waals surface area contributed by atoms with E-state index in [0.717, 1.165) is 24.0 Å². The van der Waals surface area contributed by atoms with Crippen LogP contribution in [0.4, 0.5) is 0 Å². The van der Waals surface area contributed by atoms with E-state index in [9.17, 15) is 8.42 Å².